The van der Waals surface area contributed by atoms with Gasteiger partial charge in [0.1, 0.15) is 0 Å². The summed E-state index contributed by atoms with van der Waals surface area (Å²) in [7, 11) is 0. The smallest absolute Gasteiger partial charge is 0.257 e. The van der Waals surface area contributed by atoms with E-state index < -0.39 is 0 Å². The van der Waals surface area contributed by atoms with Gasteiger partial charge in [-0.25, -0.2) is 4.98 Å². The lowest BCUT2D eigenvalue weighted by Gasteiger charge is -2.09. The van der Waals surface area contributed by atoms with Crippen LogP contribution in [0.25, 0.3) is 11.3 Å². The van der Waals surface area contributed by atoms with Crippen molar-refractivity contribution in [2.45, 2.75) is 6.92 Å². The van der Waals surface area contributed by atoms with E-state index in [0.29, 0.717) is 26.3 Å². The molecule has 0 aliphatic carbocycles. The van der Waals surface area contributed by atoms with E-state index in [4.69, 9.17) is 34.8 Å². The zero-order valence-electron chi connectivity index (χ0n) is 12.4. The Kier molecular flexibility index (Phi) is 5.11. The molecule has 24 heavy (non-hydrogen) atoms. The third kappa shape index (κ3) is 3.73. The molecule has 0 bridgehead atoms. The average molecular weight is 398 g/mol. The van der Waals surface area contributed by atoms with Crippen molar-refractivity contribution >= 4 is 57.7 Å². The van der Waals surface area contributed by atoms with Gasteiger partial charge in [-0.05, 0) is 43.3 Å². The first-order valence-corrected chi connectivity index (χ1v) is 8.94. The van der Waals surface area contributed by atoms with Crippen LogP contribution in [0.3, 0.4) is 0 Å². The van der Waals surface area contributed by atoms with Gasteiger partial charge in [0.25, 0.3) is 5.91 Å². The Bertz CT molecular complexity index is 924. The van der Waals surface area contributed by atoms with Crippen LogP contribution in [0.15, 0.2) is 41.8 Å². The van der Waals surface area contributed by atoms with Crippen LogP contribution in [-0.2, 0) is 0 Å². The van der Waals surface area contributed by atoms with Crippen LogP contribution in [0.1, 0.15) is 15.4 Å². The van der Waals surface area contributed by atoms with Crippen molar-refractivity contribution in [1.82, 2.24) is 4.98 Å². The van der Waals surface area contributed by atoms with E-state index in [-0.39, 0.29) is 5.91 Å². The van der Waals surface area contributed by atoms with E-state index in [1.807, 2.05) is 12.3 Å². The molecule has 122 valence electrons. The fourth-order valence-corrected chi connectivity index (χ4v) is 3.48. The highest BCUT2D eigenvalue weighted by atomic mass is 35.5. The molecule has 0 aliphatic rings. The lowest BCUT2D eigenvalue weighted by atomic mass is 10.1. The maximum Gasteiger partial charge on any atom is 0.257 e. The van der Waals surface area contributed by atoms with Gasteiger partial charge in [-0.3, -0.25) is 4.79 Å². The fraction of sp³-hybridized carbons (Fsp3) is 0.0588. The molecule has 3 aromatic rings. The van der Waals surface area contributed by atoms with E-state index in [1.165, 1.54) is 6.07 Å². The van der Waals surface area contributed by atoms with Crippen molar-refractivity contribution in [2.24, 2.45) is 0 Å². The number of nitrogens with zero attached hydrogens (tertiary/aromatic N) is 1. The zero-order chi connectivity index (χ0) is 17.3. The summed E-state index contributed by atoms with van der Waals surface area (Å²) in [6, 6.07) is 9.98. The molecule has 0 saturated heterocycles. The number of halogens is 3. The maximum absolute atomic E-state index is 12.4. The Balaban J connectivity index is 1.89. The average Bonchev–Trinajstić information content (AvgIpc) is 2.95. The number of rotatable bonds is 3. The molecular weight excluding hydrogens is 387 g/mol. The Morgan fingerprint density at radius 1 is 1.08 bits per heavy atom. The van der Waals surface area contributed by atoms with Gasteiger partial charge >= 0.3 is 0 Å². The third-order valence-corrected chi connectivity index (χ3v) is 4.95. The maximum atomic E-state index is 12.4. The van der Waals surface area contributed by atoms with Crippen LogP contribution in [0, 0.1) is 6.92 Å². The monoisotopic (exact) mass is 396 g/mol. The fourth-order valence-electron chi connectivity index (χ4n) is 2.16. The van der Waals surface area contributed by atoms with Crippen molar-refractivity contribution in [2.75, 3.05) is 5.32 Å². The molecule has 0 unspecified atom stereocenters. The highest BCUT2D eigenvalue weighted by Gasteiger charge is 2.13. The Labute approximate surface area is 158 Å². The second-order valence-electron chi connectivity index (χ2n) is 5.02. The predicted molar refractivity (Wildman–Crippen MR) is 102 cm³/mol. The number of benzene rings is 2. The molecule has 0 spiro atoms. The van der Waals surface area contributed by atoms with Crippen LogP contribution in [-0.4, -0.2) is 10.9 Å². The Hall–Kier alpha value is -1.59. The van der Waals surface area contributed by atoms with Gasteiger partial charge in [-0.1, -0.05) is 34.8 Å². The molecule has 1 heterocycles. The van der Waals surface area contributed by atoms with E-state index in [0.717, 1.165) is 16.3 Å². The number of carbonyl (C=O) groups excluding carboxylic acids is 1. The first-order chi connectivity index (χ1) is 11.4. The molecule has 0 radical (unpaired) electrons. The molecule has 1 aromatic heterocycles. The minimum atomic E-state index is -0.320. The predicted octanol–water partition coefficient (Wildman–Crippen LogP) is 6.33. The zero-order valence-corrected chi connectivity index (χ0v) is 15.5. The highest BCUT2D eigenvalue weighted by molar-refractivity contribution is 7.09. The summed E-state index contributed by atoms with van der Waals surface area (Å²) in [6.45, 7) is 1.93. The molecule has 0 saturated carbocycles. The van der Waals surface area contributed by atoms with Gasteiger partial charge in [0, 0.05) is 21.7 Å². The molecule has 0 fully saturated rings. The van der Waals surface area contributed by atoms with Gasteiger partial charge in [-0.15, -0.1) is 11.3 Å². The topological polar surface area (TPSA) is 42.0 Å². The third-order valence-electron chi connectivity index (χ3n) is 3.29. The number of thiazole rings is 1. The van der Waals surface area contributed by atoms with Gasteiger partial charge < -0.3 is 5.32 Å². The van der Waals surface area contributed by atoms with Gasteiger partial charge in [0.05, 0.1) is 26.3 Å². The number of hydrogen-bond acceptors (Lipinski definition) is 3. The summed E-state index contributed by atoms with van der Waals surface area (Å²) < 4.78 is 0. The Morgan fingerprint density at radius 2 is 1.88 bits per heavy atom. The molecule has 1 N–H and O–H groups in total. The molecule has 2 aromatic carbocycles. The second-order valence-corrected chi connectivity index (χ2v) is 7.34. The van der Waals surface area contributed by atoms with Crippen LogP contribution in [0.4, 0.5) is 5.69 Å². The minimum absolute atomic E-state index is 0.296. The first-order valence-electron chi connectivity index (χ1n) is 6.92. The normalized spacial score (nSPS) is 10.7. The van der Waals surface area contributed by atoms with E-state index in [9.17, 15) is 4.79 Å². The quantitative estimate of drug-likeness (QED) is 0.561. The van der Waals surface area contributed by atoms with E-state index in [2.05, 4.69) is 10.3 Å². The van der Waals surface area contributed by atoms with Crippen LogP contribution < -0.4 is 5.32 Å². The minimum Gasteiger partial charge on any atom is -0.322 e. The van der Waals surface area contributed by atoms with Crippen LogP contribution in [0.5, 0.6) is 0 Å². The van der Waals surface area contributed by atoms with E-state index >= 15 is 0 Å². The second kappa shape index (κ2) is 7.11. The summed E-state index contributed by atoms with van der Waals surface area (Å²) in [5, 5.41) is 7.03. The summed E-state index contributed by atoms with van der Waals surface area (Å²) in [6.07, 6.45) is 0. The molecule has 7 heteroatoms. The highest BCUT2D eigenvalue weighted by Crippen LogP contribution is 2.31. The van der Waals surface area contributed by atoms with E-state index in [1.54, 1.807) is 41.7 Å². The molecular formula is C17H11Cl3N2OS. The molecule has 0 aliphatic heterocycles. The number of hydrogen-bond donors (Lipinski definition) is 1. The van der Waals surface area contributed by atoms with Gasteiger partial charge in [0.2, 0.25) is 0 Å². The summed E-state index contributed by atoms with van der Waals surface area (Å²) in [5.74, 6) is -0.320. The van der Waals surface area contributed by atoms with Crippen molar-refractivity contribution in [3.8, 4) is 11.3 Å². The number of anilines is 1. The van der Waals surface area contributed by atoms with Crippen LogP contribution >= 0.6 is 46.1 Å². The van der Waals surface area contributed by atoms with Crippen LogP contribution in [0.2, 0.25) is 15.1 Å². The van der Waals surface area contributed by atoms with Crippen molar-refractivity contribution in [1.29, 1.82) is 0 Å². The van der Waals surface area contributed by atoms with Gasteiger partial charge in [-0.2, -0.15) is 0 Å². The molecule has 1 amide bonds. The lowest BCUT2D eigenvalue weighted by Crippen LogP contribution is -2.12. The lowest BCUT2D eigenvalue weighted by molar-refractivity contribution is 0.102. The number of nitrogens with one attached hydrogen (secondary N) is 1. The van der Waals surface area contributed by atoms with Crippen molar-refractivity contribution < 1.29 is 4.79 Å². The number of aromatic nitrogens is 1. The summed E-state index contributed by atoms with van der Waals surface area (Å²) in [5.41, 5.74) is 2.50. The summed E-state index contributed by atoms with van der Waals surface area (Å²) >= 11 is 19.7. The number of aryl methyl sites for hydroxylation is 1. The standard InChI is InChI=1S/C17H11Cl3N2OS/c1-9-21-16(8-24-9)13-7-11(3-5-14(13)19)22-17(23)12-4-2-10(18)6-15(12)20/h2-8H,1H3,(H,22,23). The number of amides is 1. The Morgan fingerprint density at radius 3 is 2.54 bits per heavy atom. The number of carbonyl (C=O) groups is 1. The van der Waals surface area contributed by atoms with Crippen molar-refractivity contribution in [3.63, 3.8) is 0 Å². The summed E-state index contributed by atoms with van der Waals surface area (Å²) in [4.78, 5) is 16.8. The molecule has 3 rings (SSSR count). The SMILES string of the molecule is Cc1nc(-c2cc(NC(=O)c3ccc(Cl)cc3Cl)ccc2Cl)cs1. The molecule has 0 atom stereocenters. The van der Waals surface area contributed by atoms with Gasteiger partial charge in [0.15, 0.2) is 0 Å². The first kappa shape index (κ1) is 17.2. The largest absolute Gasteiger partial charge is 0.322 e. The van der Waals surface area contributed by atoms with Crippen molar-refractivity contribution in [3.05, 3.63) is 67.4 Å². The molecule has 3 nitrogen and oxygen atoms in total.